The van der Waals surface area contributed by atoms with Crippen LogP contribution >= 0.6 is 0 Å². The lowest BCUT2D eigenvalue weighted by Crippen LogP contribution is -2.26. The Bertz CT molecular complexity index is 285. The predicted octanol–water partition coefficient (Wildman–Crippen LogP) is -0.493. The van der Waals surface area contributed by atoms with Crippen molar-refractivity contribution in [3.8, 4) is 0 Å². The second kappa shape index (κ2) is 4.41. The number of nitrogens with two attached hydrogens (primary N) is 2. The summed E-state index contributed by atoms with van der Waals surface area (Å²) < 4.78 is 0. The van der Waals surface area contributed by atoms with Crippen molar-refractivity contribution < 1.29 is 9.63 Å². The molecule has 0 aliphatic carbocycles. The van der Waals surface area contributed by atoms with Gasteiger partial charge in [0.25, 0.3) is 0 Å². The van der Waals surface area contributed by atoms with Crippen molar-refractivity contribution in [3.63, 3.8) is 0 Å². The number of rotatable bonds is 3. The third kappa shape index (κ3) is 2.41. The molecule has 1 aromatic carbocycles. The summed E-state index contributed by atoms with van der Waals surface area (Å²) in [5.41, 5.74) is 5.33. The summed E-state index contributed by atoms with van der Waals surface area (Å²) in [5.74, 6) is 9.38. The van der Waals surface area contributed by atoms with Crippen LogP contribution in [0.4, 0.5) is 5.69 Å². The molecule has 6 nitrogen and oxygen atoms in total. The molecule has 0 unspecified atom stereocenters. The maximum Gasteiger partial charge on any atom is 0.357 e. The maximum atomic E-state index is 11.0. The molecule has 0 atom stereocenters. The van der Waals surface area contributed by atoms with E-state index in [0.29, 0.717) is 11.3 Å². The Hall–Kier alpha value is -1.63. The van der Waals surface area contributed by atoms with Gasteiger partial charge in [-0.05, 0) is 24.3 Å². The number of nitrogens with one attached hydrogen (secondary N) is 2. The van der Waals surface area contributed by atoms with Crippen molar-refractivity contribution in [1.29, 1.82) is 0 Å². The van der Waals surface area contributed by atoms with Crippen LogP contribution in [0.1, 0.15) is 10.4 Å². The third-order valence-corrected chi connectivity index (χ3v) is 1.44. The van der Waals surface area contributed by atoms with E-state index in [1.807, 2.05) is 0 Å². The van der Waals surface area contributed by atoms with Gasteiger partial charge in [-0.2, -0.15) is 0 Å². The number of anilines is 1. The van der Waals surface area contributed by atoms with Crippen LogP contribution in [0.25, 0.3) is 0 Å². The predicted molar refractivity (Wildman–Crippen MR) is 47.0 cm³/mol. The normalized spacial score (nSPS) is 9.38. The van der Waals surface area contributed by atoms with Crippen LogP contribution in [0.15, 0.2) is 24.3 Å². The molecule has 0 spiro atoms. The fourth-order valence-electron chi connectivity index (χ4n) is 0.815. The molecule has 0 aliphatic rings. The van der Waals surface area contributed by atoms with Crippen LogP contribution in [-0.4, -0.2) is 5.97 Å². The van der Waals surface area contributed by atoms with E-state index in [9.17, 15) is 4.79 Å². The van der Waals surface area contributed by atoms with E-state index in [-0.39, 0.29) is 0 Å². The Kier molecular flexibility index (Phi) is 3.21. The molecule has 0 aromatic heterocycles. The zero-order chi connectivity index (χ0) is 9.68. The van der Waals surface area contributed by atoms with Crippen LogP contribution in [-0.2, 0) is 4.84 Å². The number of benzene rings is 1. The molecule has 6 N–H and O–H groups in total. The third-order valence-electron chi connectivity index (χ3n) is 1.44. The number of hydrogen-bond donors (Lipinski definition) is 4. The topological polar surface area (TPSA) is 102 Å². The molecule has 1 rings (SSSR count). The van der Waals surface area contributed by atoms with E-state index in [4.69, 9.17) is 11.7 Å². The summed E-state index contributed by atoms with van der Waals surface area (Å²) in [5, 5.41) is 0. The Morgan fingerprint density at radius 1 is 1.23 bits per heavy atom. The van der Waals surface area contributed by atoms with Gasteiger partial charge in [0.05, 0.1) is 5.56 Å². The smallest absolute Gasteiger partial charge is 0.351 e. The molecule has 0 saturated carbocycles. The first kappa shape index (κ1) is 9.46. The quantitative estimate of drug-likeness (QED) is 0.371. The van der Waals surface area contributed by atoms with Crippen LogP contribution in [0, 0.1) is 0 Å². The molecule has 13 heavy (non-hydrogen) atoms. The van der Waals surface area contributed by atoms with E-state index >= 15 is 0 Å². The summed E-state index contributed by atoms with van der Waals surface area (Å²) >= 11 is 0. The average Bonchev–Trinajstić information content (AvgIpc) is 2.18. The van der Waals surface area contributed by atoms with Gasteiger partial charge in [0.15, 0.2) is 0 Å². The van der Waals surface area contributed by atoms with Crippen molar-refractivity contribution in [2.75, 3.05) is 5.43 Å². The maximum absolute atomic E-state index is 11.0. The number of carbonyl (C=O) groups excluding carboxylic acids is 1. The van der Waals surface area contributed by atoms with Gasteiger partial charge >= 0.3 is 5.97 Å². The number of carbonyl (C=O) groups is 1. The highest BCUT2D eigenvalue weighted by Gasteiger charge is 2.05. The Labute approximate surface area is 74.7 Å². The highest BCUT2D eigenvalue weighted by atomic mass is 16.7. The van der Waals surface area contributed by atoms with Gasteiger partial charge in [-0.25, -0.2) is 10.6 Å². The zero-order valence-electron chi connectivity index (χ0n) is 6.78. The van der Waals surface area contributed by atoms with Crippen molar-refractivity contribution in [3.05, 3.63) is 29.8 Å². The fraction of sp³-hybridized carbons (Fsp3) is 0. The molecule has 0 fully saturated rings. The molecular formula is C7H10N4O2. The highest BCUT2D eigenvalue weighted by Crippen LogP contribution is 2.08. The SMILES string of the molecule is NNOC(=O)c1ccc(NN)cc1. The van der Waals surface area contributed by atoms with Gasteiger partial charge in [0.1, 0.15) is 0 Å². The second-order valence-corrected chi connectivity index (χ2v) is 2.23. The van der Waals surface area contributed by atoms with Crippen molar-refractivity contribution in [2.45, 2.75) is 0 Å². The molecule has 0 saturated heterocycles. The van der Waals surface area contributed by atoms with E-state index in [1.165, 1.54) is 0 Å². The highest BCUT2D eigenvalue weighted by molar-refractivity contribution is 5.89. The van der Waals surface area contributed by atoms with E-state index < -0.39 is 5.97 Å². The fourth-order valence-corrected chi connectivity index (χ4v) is 0.815. The van der Waals surface area contributed by atoms with Crippen molar-refractivity contribution >= 4 is 11.7 Å². The van der Waals surface area contributed by atoms with Gasteiger partial charge in [0.2, 0.25) is 0 Å². The largest absolute Gasteiger partial charge is 0.357 e. The lowest BCUT2D eigenvalue weighted by molar-refractivity contribution is 0.0254. The second-order valence-electron chi connectivity index (χ2n) is 2.23. The summed E-state index contributed by atoms with van der Waals surface area (Å²) in [6, 6.07) is 6.42. The van der Waals surface area contributed by atoms with Crippen LogP contribution in [0.3, 0.4) is 0 Å². The Morgan fingerprint density at radius 3 is 2.31 bits per heavy atom. The minimum atomic E-state index is -0.550. The lowest BCUT2D eigenvalue weighted by Gasteiger charge is -2.02. The first-order valence-corrected chi connectivity index (χ1v) is 3.51. The minimum Gasteiger partial charge on any atom is -0.351 e. The summed E-state index contributed by atoms with van der Waals surface area (Å²) in [6.07, 6.45) is 0. The molecular weight excluding hydrogens is 172 g/mol. The lowest BCUT2D eigenvalue weighted by atomic mass is 10.2. The van der Waals surface area contributed by atoms with E-state index in [1.54, 1.807) is 29.9 Å². The summed E-state index contributed by atoms with van der Waals surface area (Å²) in [4.78, 5) is 15.4. The molecule has 0 aliphatic heterocycles. The summed E-state index contributed by atoms with van der Waals surface area (Å²) in [6.45, 7) is 0. The molecule has 6 heteroatoms. The summed E-state index contributed by atoms with van der Waals surface area (Å²) in [7, 11) is 0. The van der Waals surface area contributed by atoms with Crippen LogP contribution in [0.5, 0.6) is 0 Å². The van der Waals surface area contributed by atoms with Gasteiger partial charge in [-0.1, -0.05) is 5.59 Å². The van der Waals surface area contributed by atoms with Crippen molar-refractivity contribution in [1.82, 2.24) is 5.59 Å². The standard InChI is InChI=1S/C7H10N4O2/c8-10-6-3-1-5(2-4-6)7(12)13-11-9/h1-4,10-11H,8-9H2. The number of hydrazine groups is 2. The molecule has 0 amide bonds. The van der Waals surface area contributed by atoms with E-state index in [2.05, 4.69) is 10.3 Å². The monoisotopic (exact) mass is 182 g/mol. The van der Waals surface area contributed by atoms with Gasteiger partial charge in [0, 0.05) is 5.69 Å². The van der Waals surface area contributed by atoms with E-state index in [0.717, 1.165) is 0 Å². The zero-order valence-corrected chi connectivity index (χ0v) is 6.78. The Balaban J connectivity index is 2.74. The molecule has 1 aromatic rings. The average molecular weight is 182 g/mol. The molecule has 70 valence electrons. The van der Waals surface area contributed by atoms with Crippen LogP contribution < -0.4 is 22.7 Å². The number of hydrogen-bond acceptors (Lipinski definition) is 6. The first-order chi connectivity index (χ1) is 6.27. The molecule has 0 radical (unpaired) electrons. The molecule has 0 heterocycles. The minimum absolute atomic E-state index is 0.386. The molecule has 0 bridgehead atoms. The number of nitrogen functional groups attached to an aromatic ring is 1. The first-order valence-electron chi connectivity index (χ1n) is 3.51. The van der Waals surface area contributed by atoms with Gasteiger partial charge in [-0.15, -0.1) is 0 Å². The van der Waals surface area contributed by atoms with Crippen LogP contribution in [0.2, 0.25) is 0 Å². The van der Waals surface area contributed by atoms with Gasteiger partial charge < -0.3 is 10.3 Å². The van der Waals surface area contributed by atoms with Crippen molar-refractivity contribution in [2.24, 2.45) is 11.7 Å². The van der Waals surface area contributed by atoms with Gasteiger partial charge in [-0.3, -0.25) is 5.84 Å². The Morgan fingerprint density at radius 2 is 1.85 bits per heavy atom.